The van der Waals surface area contributed by atoms with Gasteiger partial charge >= 0.3 is 0 Å². The highest BCUT2D eigenvalue weighted by Crippen LogP contribution is 2.11. The smallest absolute Gasteiger partial charge is 0.185 e. The summed E-state index contributed by atoms with van der Waals surface area (Å²) in [5, 5.41) is 10.9. The zero-order valence-electron chi connectivity index (χ0n) is 11.4. The molecule has 0 fully saturated rings. The molecule has 0 radical (unpaired) electrons. The average Bonchev–Trinajstić information content (AvgIpc) is 3.09. The van der Waals surface area contributed by atoms with Crippen LogP contribution in [0.1, 0.15) is 15.9 Å². The van der Waals surface area contributed by atoms with Gasteiger partial charge in [-0.05, 0) is 46.3 Å². The number of carbonyl (C=O) groups is 1. The van der Waals surface area contributed by atoms with Crippen molar-refractivity contribution in [1.82, 2.24) is 20.2 Å². The minimum Gasteiger partial charge on any atom is -0.289 e. The number of benzene rings is 2. The van der Waals surface area contributed by atoms with E-state index in [1.165, 1.54) is 29.2 Å². The van der Waals surface area contributed by atoms with E-state index < -0.39 is 0 Å². The number of halogens is 1. The van der Waals surface area contributed by atoms with E-state index in [2.05, 4.69) is 15.5 Å². The van der Waals surface area contributed by atoms with Gasteiger partial charge in [0.2, 0.25) is 0 Å². The molecule has 0 unspecified atom stereocenters. The highest BCUT2D eigenvalue weighted by atomic mass is 19.1. The second-order valence-corrected chi connectivity index (χ2v) is 4.55. The first-order valence-corrected chi connectivity index (χ1v) is 6.54. The second kappa shape index (κ2) is 6.09. The maximum Gasteiger partial charge on any atom is 0.185 e. The number of allylic oxidation sites excluding steroid dienone is 1. The van der Waals surface area contributed by atoms with Crippen LogP contribution in [0.4, 0.5) is 4.39 Å². The first kappa shape index (κ1) is 13.8. The zero-order chi connectivity index (χ0) is 15.4. The van der Waals surface area contributed by atoms with Crippen LogP contribution in [0.5, 0.6) is 0 Å². The molecule has 3 aromatic rings. The molecule has 22 heavy (non-hydrogen) atoms. The number of ketones is 1. The molecule has 0 aliphatic carbocycles. The van der Waals surface area contributed by atoms with Gasteiger partial charge in [-0.15, -0.1) is 5.10 Å². The van der Waals surface area contributed by atoms with Crippen molar-refractivity contribution in [3.05, 3.63) is 77.9 Å². The van der Waals surface area contributed by atoms with Crippen LogP contribution in [-0.2, 0) is 0 Å². The lowest BCUT2D eigenvalue weighted by Gasteiger charge is -2.01. The van der Waals surface area contributed by atoms with Gasteiger partial charge in [-0.3, -0.25) is 4.79 Å². The molecule has 0 N–H and O–H groups in total. The number of carbonyl (C=O) groups excluding carboxylic acids is 1. The summed E-state index contributed by atoms with van der Waals surface area (Å²) in [6.07, 6.45) is 4.55. The quantitative estimate of drug-likeness (QED) is 0.548. The van der Waals surface area contributed by atoms with Crippen molar-refractivity contribution in [3.63, 3.8) is 0 Å². The molecule has 0 aliphatic heterocycles. The Morgan fingerprint density at radius 1 is 1.14 bits per heavy atom. The Kier molecular flexibility index (Phi) is 3.82. The predicted molar refractivity (Wildman–Crippen MR) is 78.9 cm³/mol. The minimum atomic E-state index is -0.308. The number of hydrogen-bond donors (Lipinski definition) is 0. The van der Waals surface area contributed by atoms with Gasteiger partial charge in [-0.2, -0.15) is 0 Å². The third kappa shape index (κ3) is 3.12. The maximum absolute atomic E-state index is 12.8. The Morgan fingerprint density at radius 2 is 1.95 bits per heavy atom. The van der Waals surface area contributed by atoms with E-state index in [1.807, 2.05) is 0 Å². The van der Waals surface area contributed by atoms with Crippen molar-refractivity contribution in [1.29, 1.82) is 0 Å². The molecule has 108 valence electrons. The second-order valence-electron chi connectivity index (χ2n) is 4.55. The van der Waals surface area contributed by atoms with Crippen LogP contribution in [0.15, 0.2) is 60.9 Å². The minimum absolute atomic E-state index is 0.153. The molecule has 1 aromatic heterocycles. The lowest BCUT2D eigenvalue weighted by atomic mass is 10.1. The Hall–Kier alpha value is -3.15. The Bertz CT molecular complexity index is 810. The van der Waals surface area contributed by atoms with Crippen LogP contribution in [0.2, 0.25) is 0 Å². The largest absolute Gasteiger partial charge is 0.289 e. The van der Waals surface area contributed by atoms with Gasteiger partial charge in [-0.25, -0.2) is 9.07 Å². The lowest BCUT2D eigenvalue weighted by molar-refractivity contribution is 0.104. The van der Waals surface area contributed by atoms with Crippen molar-refractivity contribution in [2.24, 2.45) is 0 Å². The third-order valence-electron chi connectivity index (χ3n) is 3.04. The summed E-state index contributed by atoms with van der Waals surface area (Å²) in [5.41, 5.74) is 1.98. The molecule has 0 bridgehead atoms. The average molecular weight is 294 g/mol. The molecular weight excluding hydrogens is 283 g/mol. The van der Waals surface area contributed by atoms with Crippen molar-refractivity contribution < 1.29 is 9.18 Å². The van der Waals surface area contributed by atoms with Gasteiger partial charge in [0.05, 0.1) is 5.69 Å². The molecule has 5 nitrogen and oxygen atoms in total. The van der Waals surface area contributed by atoms with Crippen molar-refractivity contribution >= 4 is 11.9 Å². The molecule has 1 heterocycles. The highest BCUT2D eigenvalue weighted by molar-refractivity contribution is 6.07. The molecule has 2 aromatic carbocycles. The van der Waals surface area contributed by atoms with E-state index in [4.69, 9.17) is 0 Å². The number of rotatable bonds is 4. The molecule has 0 saturated carbocycles. The Balaban J connectivity index is 1.80. The molecule has 6 heteroatoms. The molecule has 0 saturated heterocycles. The van der Waals surface area contributed by atoms with Crippen LogP contribution in [0.25, 0.3) is 11.8 Å². The molecule has 0 spiro atoms. The van der Waals surface area contributed by atoms with Crippen LogP contribution < -0.4 is 0 Å². The predicted octanol–water partition coefficient (Wildman–Crippen LogP) is 2.70. The molecule has 0 aliphatic rings. The Labute approximate surface area is 125 Å². The summed E-state index contributed by atoms with van der Waals surface area (Å²) in [7, 11) is 0. The summed E-state index contributed by atoms with van der Waals surface area (Å²) in [6.45, 7) is 0. The Morgan fingerprint density at radius 3 is 2.68 bits per heavy atom. The number of hydrogen-bond acceptors (Lipinski definition) is 4. The molecule has 0 atom stereocenters. The maximum atomic E-state index is 12.8. The van der Waals surface area contributed by atoms with E-state index in [0.717, 1.165) is 5.56 Å². The fourth-order valence-electron chi connectivity index (χ4n) is 1.92. The molecule has 3 rings (SSSR count). The summed E-state index contributed by atoms with van der Waals surface area (Å²) in [6, 6.07) is 12.9. The van der Waals surface area contributed by atoms with E-state index in [0.29, 0.717) is 11.3 Å². The van der Waals surface area contributed by atoms with Crippen molar-refractivity contribution in [2.45, 2.75) is 0 Å². The monoisotopic (exact) mass is 294 g/mol. The van der Waals surface area contributed by atoms with Crippen molar-refractivity contribution in [3.8, 4) is 5.69 Å². The summed E-state index contributed by atoms with van der Waals surface area (Å²) in [5.74, 6) is -0.461. The van der Waals surface area contributed by atoms with Crippen LogP contribution in [-0.4, -0.2) is 26.0 Å². The van der Waals surface area contributed by atoms with Gasteiger partial charge in [0.25, 0.3) is 0 Å². The van der Waals surface area contributed by atoms with E-state index >= 15 is 0 Å². The van der Waals surface area contributed by atoms with Gasteiger partial charge in [0, 0.05) is 5.56 Å². The number of aromatic nitrogens is 4. The summed E-state index contributed by atoms with van der Waals surface area (Å²) >= 11 is 0. The van der Waals surface area contributed by atoms with Gasteiger partial charge in [0.15, 0.2) is 5.78 Å². The normalized spacial score (nSPS) is 11.0. The molecular formula is C16H11FN4O. The summed E-state index contributed by atoms with van der Waals surface area (Å²) < 4.78 is 14.3. The van der Waals surface area contributed by atoms with Crippen LogP contribution in [0.3, 0.4) is 0 Å². The van der Waals surface area contributed by atoms with E-state index in [9.17, 15) is 9.18 Å². The highest BCUT2D eigenvalue weighted by Gasteiger charge is 2.05. The third-order valence-corrected chi connectivity index (χ3v) is 3.04. The SMILES string of the molecule is O=C(/C=C/c1ccc(F)cc1)c1cccc(-n2cnnn2)c1. The first-order chi connectivity index (χ1) is 10.7. The van der Waals surface area contributed by atoms with Crippen LogP contribution in [0, 0.1) is 5.82 Å². The topological polar surface area (TPSA) is 60.7 Å². The number of nitrogens with zero attached hydrogens (tertiary/aromatic N) is 4. The fourth-order valence-corrected chi connectivity index (χ4v) is 1.92. The summed E-state index contributed by atoms with van der Waals surface area (Å²) in [4.78, 5) is 12.2. The van der Waals surface area contributed by atoms with Crippen molar-refractivity contribution in [2.75, 3.05) is 0 Å². The molecule has 0 amide bonds. The zero-order valence-corrected chi connectivity index (χ0v) is 11.4. The standard InChI is InChI=1S/C16H11FN4O/c17-14-7-4-12(5-8-14)6-9-16(22)13-2-1-3-15(10-13)21-11-18-19-20-21/h1-11H/b9-6+. The van der Waals surface area contributed by atoms with Gasteiger partial charge in [-0.1, -0.05) is 30.3 Å². The van der Waals surface area contributed by atoms with Gasteiger partial charge < -0.3 is 0 Å². The lowest BCUT2D eigenvalue weighted by Crippen LogP contribution is -1.99. The van der Waals surface area contributed by atoms with E-state index in [1.54, 1.807) is 42.5 Å². The van der Waals surface area contributed by atoms with E-state index in [-0.39, 0.29) is 11.6 Å². The fraction of sp³-hybridized carbons (Fsp3) is 0. The number of tetrazole rings is 1. The van der Waals surface area contributed by atoms with Gasteiger partial charge in [0.1, 0.15) is 12.1 Å². The first-order valence-electron chi connectivity index (χ1n) is 6.54. The van der Waals surface area contributed by atoms with Crippen LogP contribution >= 0.6 is 0 Å².